The van der Waals surface area contributed by atoms with Crippen molar-refractivity contribution in [3.8, 4) is 11.3 Å². The molecule has 6 nitrogen and oxygen atoms in total. The molecule has 2 N–H and O–H groups in total. The fraction of sp³-hybridized carbons (Fsp3) is 0.500. The van der Waals surface area contributed by atoms with E-state index >= 15 is 0 Å². The van der Waals surface area contributed by atoms with Crippen molar-refractivity contribution >= 4 is 11.6 Å². The standard InChI is InChI=1S/C14H14F2N4O.C6H12O/c15-12-9-17-14(19-16)18-13(12)10-2-1-3-11(8-10)20-4-6-21-7-5-20;7-6-4-2-1-3-5-6/h1-3,8-9H,4-7H2,(H,17,18,19);6-7H,1-5H2. The van der Waals surface area contributed by atoms with Gasteiger partial charge in [-0.2, -0.15) is 5.54 Å². The molecule has 0 spiro atoms. The normalized spacial score (nSPS) is 17.6. The van der Waals surface area contributed by atoms with E-state index in [0.717, 1.165) is 37.8 Å². The maximum atomic E-state index is 13.9. The Labute approximate surface area is 163 Å². The van der Waals surface area contributed by atoms with Crippen LogP contribution in [0.1, 0.15) is 32.1 Å². The zero-order valence-electron chi connectivity index (χ0n) is 15.8. The van der Waals surface area contributed by atoms with E-state index in [-0.39, 0.29) is 17.7 Å². The molecule has 1 aromatic carbocycles. The Kier molecular flexibility index (Phi) is 7.50. The van der Waals surface area contributed by atoms with Gasteiger partial charge in [-0.3, -0.25) is 0 Å². The third-order valence-electron chi connectivity index (χ3n) is 4.90. The van der Waals surface area contributed by atoms with Gasteiger partial charge in [0.2, 0.25) is 0 Å². The Morgan fingerprint density at radius 2 is 1.89 bits per heavy atom. The van der Waals surface area contributed by atoms with E-state index in [2.05, 4.69) is 14.9 Å². The molecule has 1 aromatic heterocycles. The Morgan fingerprint density at radius 1 is 1.14 bits per heavy atom. The highest BCUT2D eigenvalue weighted by atomic mass is 19.2. The number of aliphatic hydroxyl groups excluding tert-OH is 1. The Hall–Kier alpha value is -2.32. The first kappa shape index (κ1) is 20.4. The molecular formula is C20H26F2N4O2. The van der Waals surface area contributed by atoms with Gasteiger partial charge in [0.25, 0.3) is 5.95 Å². The highest BCUT2D eigenvalue weighted by Crippen LogP contribution is 2.26. The van der Waals surface area contributed by atoms with E-state index < -0.39 is 5.82 Å². The number of halogens is 2. The third kappa shape index (κ3) is 5.59. The van der Waals surface area contributed by atoms with Crippen LogP contribution in [-0.2, 0) is 4.74 Å². The molecule has 2 aromatic rings. The summed E-state index contributed by atoms with van der Waals surface area (Å²) in [5, 5.41) is 8.91. The first-order valence-electron chi connectivity index (χ1n) is 9.68. The van der Waals surface area contributed by atoms with Crippen LogP contribution in [0.15, 0.2) is 30.5 Å². The number of aliphatic hydroxyl groups is 1. The highest BCUT2D eigenvalue weighted by Gasteiger charge is 2.14. The van der Waals surface area contributed by atoms with Crippen molar-refractivity contribution in [1.82, 2.24) is 9.97 Å². The van der Waals surface area contributed by atoms with Crippen LogP contribution >= 0.6 is 0 Å². The summed E-state index contributed by atoms with van der Waals surface area (Å²) in [4.78, 5) is 9.48. The monoisotopic (exact) mass is 392 g/mol. The summed E-state index contributed by atoms with van der Waals surface area (Å²) >= 11 is 0. The number of morpholine rings is 1. The van der Waals surface area contributed by atoms with Crippen LogP contribution in [0.4, 0.5) is 20.5 Å². The first-order chi connectivity index (χ1) is 13.7. The van der Waals surface area contributed by atoms with Gasteiger partial charge in [-0.1, -0.05) is 31.4 Å². The van der Waals surface area contributed by atoms with Crippen LogP contribution in [0, 0.1) is 5.82 Å². The van der Waals surface area contributed by atoms with Crippen LogP contribution in [0.2, 0.25) is 0 Å². The maximum Gasteiger partial charge on any atom is 0.252 e. The summed E-state index contributed by atoms with van der Waals surface area (Å²) in [7, 11) is 0. The SMILES string of the molecule is FNc1ncc(F)c(-c2cccc(N3CCOCC3)c2)n1.OC1CCCCC1. The number of benzene rings is 1. The zero-order chi connectivity index (χ0) is 19.8. The number of hydrogen-bond acceptors (Lipinski definition) is 6. The number of nitrogens with zero attached hydrogens (tertiary/aromatic N) is 3. The van der Waals surface area contributed by atoms with Gasteiger partial charge < -0.3 is 14.7 Å². The molecule has 1 aliphatic heterocycles. The van der Waals surface area contributed by atoms with Crippen LogP contribution in [0.25, 0.3) is 11.3 Å². The van der Waals surface area contributed by atoms with Crippen molar-refractivity contribution in [3.05, 3.63) is 36.3 Å². The van der Waals surface area contributed by atoms with Gasteiger partial charge in [-0.15, -0.1) is 4.48 Å². The molecule has 2 aliphatic rings. The lowest BCUT2D eigenvalue weighted by molar-refractivity contribution is 0.122. The smallest absolute Gasteiger partial charge is 0.252 e. The molecular weight excluding hydrogens is 366 g/mol. The van der Waals surface area contributed by atoms with E-state index in [1.807, 2.05) is 18.2 Å². The van der Waals surface area contributed by atoms with E-state index in [1.165, 1.54) is 24.8 Å². The molecule has 1 saturated heterocycles. The van der Waals surface area contributed by atoms with Crippen molar-refractivity contribution < 1.29 is 18.7 Å². The molecule has 0 radical (unpaired) electrons. The lowest BCUT2D eigenvalue weighted by atomic mass is 9.98. The molecule has 2 heterocycles. The van der Waals surface area contributed by atoms with Crippen molar-refractivity contribution in [2.75, 3.05) is 36.7 Å². The fourth-order valence-electron chi connectivity index (χ4n) is 3.37. The Morgan fingerprint density at radius 3 is 2.54 bits per heavy atom. The Bertz CT molecular complexity index is 751. The van der Waals surface area contributed by atoms with E-state index in [4.69, 9.17) is 9.84 Å². The molecule has 0 unspecified atom stereocenters. The van der Waals surface area contributed by atoms with Gasteiger partial charge in [0, 0.05) is 24.3 Å². The van der Waals surface area contributed by atoms with Gasteiger partial charge in [0.15, 0.2) is 5.82 Å². The molecule has 1 saturated carbocycles. The molecule has 0 atom stereocenters. The summed E-state index contributed by atoms with van der Waals surface area (Å²) in [6, 6.07) is 7.34. The predicted octanol–water partition coefficient (Wildman–Crippen LogP) is 3.73. The molecule has 4 rings (SSSR count). The van der Waals surface area contributed by atoms with Crippen molar-refractivity contribution in [2.45, 2.75) is 38.2 Å². The quantitative estimate of drug-likeness (QED) is 0.776. The second-order valence-corrected chi connectivity index (χ2v) is 6.93. The molecule has 0 bridgehead atoms. The number of nitrogens with one attached hydrogen (secondary N) is 1. The predicted molar refractivity (Wildman–Crippen MR) is 104 cm³/mol. The molecule has 2 fully saturated rings. The second-order valence-electron chi connectivity index (χ2n) is 6.93. The van der Waals surface area contributed by atoms with Crippen LogP contribution < -0.4 is 10.4 Å². The summed E-state index contributed by atoms with van der Waals surface area (Å²) in [5.74, 6) is -0.851. The number of anilines is 2. The first-order valence-corrected chi connectivity index (χ1v) is 9.68. The summed E-state index contributed by atoms with van der Waals surface area (Å²) < 4.78 is 31.6. The molecule has 28 heavy (non-hydrogen) atoms. The number of rotatable bonds is 3. The second kappa shape index (κ2) is 10.3. The van der Waals surface area contributed by atoms with Crippen LogP contribution in [-0.4, -0.2) is 47.5 Å². The van der Waals surface area contributed by atoms with Crippen LogP contribution in [0.5, 0.6) is 0 Å². The lowest BCUT2D eigenvalue weighted by Crippen LogP contribution is -2.36. The van der Waals surface area contributed by atoms with Gasteiger partial charge in [0.05, 0.1) is 25.5 Å². The van der Waals surface area contributed by atoms with Crippen molar-refractivity contribution in [2.24, 2.45) is 0 Å². The van der Waals surface area contributed by atoms with Crippen molar-refractivity contribution in [3.63, 3.8) is 0 Å². The third-order valence-corrected chi connectivity index (χ3v) is 4.90. The average molecular weight is 392 g/mol. The van der Waals surface area contributed by atoms with E-state index in [9.17, 15) is 8.87 Å². The largest absolute Gasteiger partial charge is 0.393 e. The van der Waals surface area contributed by atoms with Gasteiger partial charge >= 0.3 is 0 Å². The summed E-state index contributed by atoms with van der Waals surface area (Å²) in [6.45, 7) is 2.91. The van der Waals surface area contributed by atoms with E-state index in [0.29, 0.717) is 18.8 Å². The topological polar surface area (TPSA) is 70.5 Å². The lowest BCUT2D eigenvalue weighted by Gasteiger charge is -2.29. The minimum atomic E-state index is -0.590. The summed E-state index contributed by atoms with van der Waals surface area (Å²) in [6.07, 6.45) is 6.87. The van der Waals surface area contributed by atoms with Crippen LogP contribution in [0.3, 0.4) is 0 Å². The minimum absolute atomic E-state index is 0.0359. The average Bonchev–Trinajstić information content (AvgIpc) is 2.76. The molecule has 8 heteroatoms. The van der Waals surface area contributed by atoms with Gasteiger partial charge in [-0.05, 0) is 25.0 Å². The number of hydrogen-bond donors (Lipinski definition) is 2. The zero-order valence-corrected chi connectivity index (χ0v) is 15.8. The minimum Gasteiger partial charge on any atom is -0.393 e. The number of ether oxygens (including phenoxy) is 1. The van der Waals surface area contributed by atoms with Gasteiger partial charge in [-0.25, -0.2) is 14.4 Å². The number of aromatic nitrogens is 2. The van der Waals surface area contributed by atoms with Crippen molar-refractivity contribution in [1.29, 1.82) is 0 Å². The maximum absolute atomic E-state index is 13.9. The van der Waals surface area contributed by atoms with Gasteiger partial charge in [0.1, 0.15) is 5.69 Å². The fourth-order valence-corrected chi connectivity index (χ4v) is 3.37. The highest BCUT2D eigenvalue weighted by molar-refractivity contribution is 5.66. The molecule has 152 valence electrons. The molecule has 0 amide bonds. The molecule has 1 aliphatic carbocycles. The Balaban J connectivity index is 0.000000271. The summed E-state index contributed by atoms with van der Waals surface area (Å²) in [5.41, 5.74) is 2.94. The van der Waals surface area contributed by atoms with E-state index in [1.54, 1.807) is 6.07 Å².